The number of nitrogens with one attached hydrogen (secondary N) is 1. The number of benzene rings is 1. The number of ether oxygens (including phenoxy) is 4. The van der Waals surface area contributed by atoms with Gasteiger partial charge in [-0.3, -0.25) is 4.79 Å². The molecule has 1 N–H and O–H groups in total. The van der Waals surface area contributed by atoms with E-state index in [1.54, 1.807) is 12.1 Å². The first-order valence-corrected chi connectivity index (χ1v) is 7.71. The third-order valence-corrected chi connectivity index (χ3v) is 2.93. The minimum atomic E-state index is -0.606. The maximum absolute atomic E-state index is 12.0. The van der Waals surface area contributed by atoms with Gasteiger partial charge < -0.3 is 24.3 Å². The molecule has 0 aliphatic rings. The molecule has 1 aromatic rings. The zero-order valence-electron chi connectivity index (χ0n) is 14.6. The monoisotopic (exact) mass is 339 g/mol. The van der Waals surface area contributed by atoms with Crippen LogP contribution in [0.15, 0.2) is 18.2 Å². The first kappa shape index (κ1) is 19.8. The predicted molar refractivity (Wildman–Crippen MR) is 88.5 cm³/mol. The molecule has 0 radical (unpaired) electrons. The lowest BCUT2D eigenvalue weighted by molar-refractivity contribution is -0.124. The van der Waals surface area contributed by atoms with Gasteiger partial charge in [-0.15, -0.1) is 0 Å². The lowest BCUT2D eigenvalue weighted by atomic mass is 10.2. The summed E-state index contributed by atoms with van der Waals surface area (Å²) in [7, 11) is 3.03. The number of hydrogen-bond donors (Lipinski definition) is 1. The Morgan fingerprint density at radius 3 is 2.54 bits per heavy atom. The minimum Gasteiger partial charge on any atom is -0.493 e. The third-order valence-electron chi connectivity index (χ3n) is 2.93. The molecule has 0 bridgehead atoms. The van der Waals surface area contributed by atoms with Crippen LogP contribution in [0, 0.1) is 5.92 Å². The van der Waals surface area contributed by atoms with Gasteiger partial charge in [0.25, 0.3) is 5.91 Å². The van der Waals surface area contributed by atoms with Crippen LogP contribution in [0.5, 0.6) is 11.5 Å². The highest BCUT2D eigenvalue weighted by molar-refractivity contribution is 5.92. The molecule has 7 nitrogen and oxygen atoms in total. The number of methoxy groups -OCH3 is 2. The molecule has 0 unspecified atom stereocenters. The molecule has 0 heterocycles. The molecule has 0 atom stereocenters. The van der Waals surface area contributed by atoms with Crippen LogP contribution in [-0.2, 0) is 14.3 Å². The summed E-state index contributed by atoms with van der Waals surface area (Å²) < 4.78 is 20.6. The second kappa shape index (κ2) is 10.5. The number of rotatable bonds is 10. The second-order valence-corrected chi connectivity index (χ2v) is 5.49. The molecule has 0 spiro atoms. The zero-order valence-corrected chi connectivity index (χ0v) is 14.6. The third kappa shape index (κ3) is 6.87. The van der Waals surface area contributed by atoms with Crippen molar-refractivity contribution in [2.75, 3.05) is 40.6 Å². The summed E-state index contributed by atoms with van der Waals surface area (Å²) in [6.45, 7) is 5.03. The van der Waals surface area contributed by atoms with Gasteiger partial charge in [-0.2, -0.15) is 0 Å². The van der Waals surface area contributed by atoms with Gasteiger partial charge in [0, 0.05) is 13.7 Å². The molecular formula is C17H25NO6. The lowest BCUT2D eigenvalue weighted by Gasteiger charge is -2.13. The van der Waals surface area contributed by atoms with E-state index in [2.05, 4.69) is 5.32 Å². The molecule has 0 aliphatic heterocycles. The molecule has 0 aromatic heterocycles. The van der Waals surface area contributed by atoms with Crippen molar-refractivity contribution in [1.29, 1.82) is 0 Å². The van der Waals surface area contributed by atoms with Gasteiger partial charge >= 0.3 is 5.97 Å². The number of hydrogen-bond acceptors (Lipinski definition) is 6. The van der Waals surface area contributed by atoms with Crippen LogP contribution in [0.2, 0.25) is 0 Å². The van der Waals surface area contributed by atoms with Gasteiger partial charge in [-0.1, -0.05) is 13.8 Å². The van der Waals surface area contributed by atoms with Gasteiger partial charge in [0.2, 0.25) is 0 Å². The first-order chi connectivity index (χ1) is 11.5. The lowest BCUT2D eigenvalue weighted by Crippen LogP contribution is -2.31. The first-order valence-electron chi connectivity index (χ1n) is 7.71. The molecule has 0 saturated carbocycles. The van der Waals surface area contributed by atoms with E-state index < -0.39 is 5.97 Å². The number of amides is 1. The Labute approximate surface area is 142 Å². The van der Waals surface area contributed by atoms with E-state index >= 15 is 0 Å². The number of carbonyl (C=O) groups excluding carboxylic acids is 2. The van der Waals surface area contributed by atoms with Crippen molar-refractivity contribution in [3.63, 3.8) is 0 Å². The van der Waals surface area contributed by atoms with E-state index in [4.69, 9.17) is 18.9 Å². The molecule has 0 saturated heterocycles. The summed E-state index contributed by atoms with van der Waals surface area (Å²) in [5.74, 6) is 0.375. The smallest absolute Gasteiger partial charge is 0.338 e. The van der Waals surface area contributed by atoms with Crippen LogP contribution in [0.1, 0.15) is 24.2 Å². The Balaban J connectivity index is 2.59. The Morgan fingerprint density at radius 2 is 1.92 bits per heavy atom. The average Bonchev–Trinajstić information content (AvgIpc) is 2.57. The summed E-state index contributed by atoms with van der Waals surface area (Å²) in [4.78, 5) is 23.5. The number of esters is 1. The number of carbonyl (C=O) groups is 2. The van der Waals surface area contributed by atoms with Crippen LogP contribution in [0.4, 0.5) is 0 Å². The molecule has 24 heavy (non-hydrogen) atoms. The summed E-state index contributed by atoms with van der Waals surface area (Å²) in [5.41, 5.74) is 0.286. The highest BCUT2D eigenvalue weighted by Crippen LogP contribution is 2.28. The molecule has 0 fully saturated rings. The highest BCUT2D eigenvalue weighted by atomic mass is 16.5. The topological polar surface area (TPSA) is 83.1 Å². The average molecular weight is 339 g/mol. The summed E-state index contributed by atoms with van der Waals surface area (Å²) in [6.07, 6.45) is 0. The second-order valence-electron chi connectivity index (χ2n) is 5.49. The Morgan fingerprint density at radius 1 is 1.17 bits per heavy atom. The molecule has 1 amide bonds. The fourth-order valence-electron chi connectivity index (χ4n) is 1.73. The quantitative estimate of drug-likeness (QED) is 0.515. The minimum absolute atomic E-state index is 0.286. The van der Waals surface area contributed by atoms with Crippen LogP contribution in [0.25, 0.3) is 0 Å². The van der Waals surface area contributed by atoms with Gasteiger partial charge in [0.05, 0.1) is 25.9 Å². The van der Waals surface area contributed by atoms with Gasteiger partial charge in [0.15, 0.2) is 18.1 Å². The maximum atomic E-state index is 12.0. The van der Waals surface area contributed by atoms with Crippen molar-refractivity contribution in [3.8, 4) is 11.5 Å². The molecule has 7 heteroatoms. The van der Waals surface area contributed by atoms with Crippen molar-refractivity contribution >= 4 is 11.9 Å². The maximum Gasteiger partial charge on any atom is 0.338 e. The SMILES string of the molecule is COCCNC(=O)COC(=O)c1ccc(OCC(C)C)c(OC)c1. The zero-order chi connectivity index (χ0) is 17.9. The van der Waals surface area contributed by atoms with Crippen molar-refractivity contribution in [1.82, 2.24) is 5.32 Å². The standard InChI is InChI=1S/C17H25NO6/c1-12(2)10-23-14-6-5-13(9-15(14)22-4)17(20)24-11-16(19)18-7-8-21-3/h5-6,9,12H,7-8,10-11H2,1-4H3,(H,18,19). The van der Waals surface area contributed by atoms with Crippen molar-refractivity contribution < 1.29 is 28.5 Å². The summed E-state index contributed by atoms with van der Waals surface area (Å²) in [5, 5.41) is 2.56. The fraction of sp³-hybridized carbons (Fsp3) is 0.529. The molecule has 134 valence electrons. The van der Waals surface area contributed by atoms with Crippen LogP contribution in [0.3, 0.4) is 0 Å². The summed E-state index contributed by atoms with van der Waals surface area (Å²) in [6, 6.07) is 4.75. The van der Waals surface area contributed by atoms with Gasteiger partial charge in [0.1, 0.15) is 0 Å². The van der Waals surface area contributed by atoms with E-state index in [0.29, 0.717) is 37.2 Å². The largest absolute Gasteiger partial charge is 0.493 e. The normalized spacial score (nSPS) is 10.4. The van der Waals surface area contributed by atoms with Crippen LogP contribution in [-0.4, -0.2) is 52.5 Å². The molecule has 0 aliphatic carbocycles. The summed E-state index contributed by atoms with van der Waals surface area (Å²) >= 11 is 0. The Bertz CT molecular complexity index is 544. The van der Waals surface area contributed by atoms with Crippen molar-refractivity contribution in [2.45, 2.75) is 13.8 Å². The van der Waals surface area contributed by atoms with E-state index in [1.165, 1.54) is 20.3 Å². The van der Waals surface area contributed by atoms with Crippen molar-refractivity contribution in [3.05, 3.63) is 23.8 Å². The van der Waals surface area contributed by atoms with Crippen molar-refractivity contribution in [2.24, 2.45) is 5.92 Å². The predicted octanol–water partition coefficient (Wildman–Crippen LogP) is 1.65. The van der Waals surface area contributed by atoms with E-state index in [9.17, 15) is 9.59 Å². The molecular weight excluding hydrogens is 314 g/mol. The fourth-order valence-corrected chi connectivity index (χ4v) is 1.73. The van der Waals surface area contributed by atoms with E-state index in [0.717, 1.165) is 0 Å². The van der Waals surface area contributed by atoms with Crippen LogP contribution < -0.4 is 14.8 Å². The highest BCUT2D eigenvalue weighted by Gasteiger charge is 2.14. The van der Waals surface area contributed by atoms with Gasteiger partial charge in [-0.25, -0.2) is 4.79 Å². The van der Waals surface area contributed by atoms with E-state index in [1.807, 2.05) is 13.8 Å². The van der Waals surface area contributed by atoms with Crippen LogP contribution >= 0.6 is 0 Å². The molecule has 1 aromatic carbocycles. The molecule has 1 rings (SSSR count). The Kier molecular flexibility index (Phi) is 8.64. The van der Waals surface area contributed by atoms with Gasteiger partial charge in [-0.05, 0) is 24.1 Å². The van der Waals surface area contributed by atoms with E-state index in [-0.39, 0.29) is 18.1 Å². The Hall–Kier alpha value is -2.28.